The van der Waals surface area contributed by atoms with Crippen LogP contribution in [0.1, 0.15) is 26.2 Å². The van der Waals surface area contributed by atoms with Crippen LogP contribution in [0.5, 0.6) is 0 Å². The quantitative estimate of drug-likeness (QED) is 0.814. The Kier molecular flexibility index (Phi) is 5.63. The molecule has 0 spiro atoms. The molecule has 3 atom stereocenters. The van der Waals surface area contributed by atoms with Gasteiger partial charge in [0.25, 0.3) is 0 Å². The van der Waals surface area contributed by atoms with Crippen LogP contribution >= 0.6 is 0 Å². The molecule has 112 valence electrons. The molecule has 0 aromatic rings. The number of hydrogen-bond donors (Lipinski definition) is 1. The largest absolute Gasteiger partial charge is 0.391 e. The molecule has 0 radical (unpaired) electrons. The third-order valence-corrected chi connectivity index (χ3v) is 4.78. The Hall–Kier alpha value is -0.160. The van der Waals surface area contributed by atoms with E-state index in [1.807, 2.05) is 0 Å². The lowest BCUT2D eigenvalue weighted by Gasteiger charge is -2.44. The van der Waals surface area contributed by atoms with Crippen molar-refractivity contribution in [1.29, 1.82) is 0 Å². The highest BCUT2D eigenvalue weighted by atomic mass is 16.3. The molecule has 0 aromatic carbocycles. The van der Waals surface area contributed by atoms with Gasteiger partial charge in [-0.2, -0.15) is 0 Å². The lowest BCUT2D eigenvalue weighted by atomic mass is 9.84. The standard InChI is InChI=1S/C15H31N3O/c1-13-4-5-15(19)14(12-13)18-10-8-17(9-11-18)7-6-16(2)3/h13-15,19H,4-12H2,1-3H3. The third-order valence-electron chi connectivity index (χ3n) is 4.78. The minimum absolute atomic E-state index is 0.0930. The Labute approximate surface area is 118 Å². The Morgan fingerprint density at radius 1 is 1.11 bits per heavy atom. The van der Waals surface area contributed by atoms with Crippen LogP contribution in [0.2, 0.25) is 0 Å². The van der Waals surface area contributed by atoms with Crippen molar-refractivity contribution >= 4 is 0 Å². The molecule has 0 bridgehead atoms. The highest BCUT2D eigenvalue weighted by Crippen LogP contribution is 2.28. The zero-order chi connectivity index (χ0) is 13.8. The van der Waals surface area contributed by atoms with E-state index >= 15 is 0 Å². The van der Waals surface area contributed by atoms with Gasteiger partial charge in [-0.25, -0.2) is 0 Å². The molecule has 2 rings (SSSR count). The van der Waals surface area contributed by atoms with Crippen LogP contribution in [0, 0.1) is 5.92 Å². The van der Waals surface area contributed by atoms with Crippen molar-refractivity contribution in [2.75, 3.05) is 53.4 Å². The second-order valence-electron chi connectivity index (χ2n) is 6.73. The van der Waals surface area contributed by atoms with Gasteiger partial charge in [0.1, 0.15) is 0 Å². The summed E-state index contributed by atoms with van der Waals surface area (Å²) in [5.41, 5.74) is 0. The number of rotatable bonds is 4. The first kappa shape index (κ1) is 15.2. The van der Waals surface area contributed by atoms with E-state index in [1.165, 1.54) is 19.4 Å². The fraction of sp³-hybridized carbons (Fsp3) is 1.00. The number of aliphatic hydroxyl groups is 1. The van der Waals surface area contributed by atoms with Crippen molar-refractivity contribution in [3.63, 3.8) is 0 Å². The zero-order valence-electron chi connectivity index (χ0n) is 12.9. The van der Waals surface area contributed by atoms with Crippen LogP contribution in [0.25, 0.3) is 0 Å². The summed E-state index contributed by atoms with van der Waals surface area (Å²) in [4.78, 5) is 7.33. The van der Waals surface area contributed by atoms with E-state index in [1.54, 1.807) is 0 Å². The van der Waals surface area contributed by atoms with E-state index in [2.05, 4.69) is 35.7 Å². The summed E-state index contributed by atoms with van der Waals surface area (Å²) in [7, 11) is 4.27. The van der Waals surface area contributed by atoms with Crippen molar-refractivity contribution < 1.29 is 5.11 Å². The van der Waals surface area contributed by atoms with E-state index in [4.69, 9.17) is 0 Å². The molecule has 4 heteroatoms. The predicted octanol–water partition coefficient (Wildman–Crippen LogP) is 0.715. The van der Waals surface area contributed by atoms with Crippen LogP contribution in [0.4, 0.5) is 0 Å². The molecule has 1 N–H and O–H groups in total. The minimum atomic E-state index is -0.0930. The monoisotopic (exact) mass is 269 g/mol. The number of nitrogens with zero attached hydrogens (tertiary/aromatic N) is 3. The Morgan fingerprint density at radius 2 is 1.79 bits per heavy atom. The number of piperazine rings is 1. The molecule has 1 saturated heterocycles. The first-order valence-corrected chi connectivity index (χ1v) is 7.85. The van der Waals surface area contributed by atoms with E-state index in [-0.39, 0.29) is 6.10 Å². The summed E-state index contributed by atoms with van der Waals surface area (Å²) < 4.78 is 0. The smallest absolute Gasteiger partial charge is 0.0695 e. The van der Waals surface area contributed by atoms with Crippen molar-refractivity contribution in [2.24, 2.45) is 5.92 Å². The van der Waals surface area contributed by atoms with Crippen molar-refractivity contribution in [1.82, 2.24) is 14.7 Å². The summed E-state index contributed by atoms with van der Waals surface area (Å²) in [6.07, 6.45) is 3.27. The van der Waals surface area contributed by atoms with Gasteiger partial charge in [-0.15, -0.1) is 0 Å². The molecule has 4 nitrogen and oxygen atoms in total. The normalized spacial score (nSPS) is 34.9. The third kappa shape index (κ3) is 4.42. The molecular weight excluding hydrogens is 238 g/mol. The van der Waals surface area contributed by atoms with Gasteiger partial charge in [0.15, 0.2) is 0 Å². The number of aliphatic hydroxyl groups excluding tert-OH is 1. The molecule has 1 heterocycles. The molecule has 1 saturated carbocycles. The van der Waals surface area contributed by atoms with Crippen molar-refractivity contribution in [3.8, 4) is 0 Å². The van der Waals surface area contributed by atoms with Crippen LogP contribution in [-0.4, -0.2) is 85.3 Å². The summed E-state index contributed by atoms with van der Waals surface area (Å²) in [5, 5.41) is 10.2. The van der Waals surface area contributed by atoms with Gasteiger partial charge in [-0.1, -0.05) is 6.92 Å². The Morgan fingerprint density at radius 3 is 2.42 bits per heavy atom. The summed E-state index contributed by atoms with van der Waals surface area (Å²) in [5.74, 6) is 0.778. The fourth-order valence-corrected chi connectivity index (χ4v) is 3.39. The maximum Gasteiger partial charge on any atom is 0.0695 e. The average molecular weight is 269 g/mol. The fourth-order valence-electron chi connectivity index (χ4n) is 3.39. The topological polar surface area (TPSA) is 30.0 Å². The van der Waals surface area contributed by atoms with Crippen LogP contribution < -0.4 is 0 Å². The van der Waals surface area contributed by atoms with E-state index in [9.17, 15) is 5.11 Å². The maximum absolute atomic E-state index is 10.2. The van der Waals surface area contributed by atoms with Crippen molar-refractivity contribution in [2.45, 2.75) is 38.3 Å². The van der Waals surface area contributed by atoms with Gasteiger partial charge >= 0.3 is 0 Å². The Bertz CT molecular complexity index is 264. The molecule has 1 aliphatic carbocycles. The van der Waals surface area contributed by atoms with Crippen LogP contribution in [0.3, 0.4) is 0 Å². The molecule has 1 aliphatic heterocycles. The molecule has 3 unspecified atom stereocenters. The molecule has 0 amide bonds. The zero-order valence-corrected chi connectivity index (χ0v) is 12.9. The van der Waals surface area contributed by atoms with Crippen molar-refractivity contribution in [3.05, 3.63) is 0 Å². The van der Waals surface area contributed by atoms with E-state index in [0.29, 0.717) is 6.04 Å². The minimum Gasteiger partial charge on any atom is -0.391 e. The number of hydrogen-bond acceptors (Lipinski definition) is 4. The van der Waals surface area contributed by atoms with Gasteiger partial charge in [-0.3, -0.25) is 9.80 Å². The lowest BCUT2D eigenvalue weighted by molar-refractivity contribution is -0.0154. The average Bonchev–Trinajstić information content (AvgIpc) is 2.40. The molecule has 2 fully saturated rings. The maximum atomic E-state index is 10.2. The molecule has 2 aliphatic rings. The summed E-state index contributed by atoms with van der Waals surface area (Å²) in [6, 6.07) is 0.416. The molecule has 19 heavy (non-hydrogen) atoms. The lowest BCUT2D eigenvalue weighted by Crippen LogP contribution is -2.55. The van der Waals surface area contributed by atoms with E-state index < -0.39 is 0 Å². The molecular formula is C15H31N3O. The first-order valence-electron chi connectivity index (χ1n) is 7.85. The molecule has 0 aromatic heterocycles. The number of likely N-dealkylation sites (N-methyl/N-ethyl adjacent to an activating group) is 1. The summed E-state index contributed by atoms with van der Waals surface area (Å²) >= 11 is 0. The first-order chi connectivity index (χ1) is 9.06. The highest BCUT2D eigenvalue weighted by molar-refractivity contribution is 4.88. The van der Waals surface area contributed by atoms with Crippen LogP contribution in [-0.2, 0) is 0 Å². The van der Waals surface area contributed by atoms with Gasteiger partial charge in [0.2, 0.25) is 0 Å². The second-order valence-corrected chi connectivity index (χ2v) is 6.73. The van der Waals surface area contributed by atoms with Gasteiger partial charge < -0.3 is 10.0 Å². The van der Waals surface area contributed by atoms with Gasteiger partial charge in [0.05, 0.1) is 6.10 Å². The van der Waals surface area contributed by atoms with Gasteiger partial charge in [-0.05, 0) is 39.3 Å². The second kappa shape index (κ2) is 7.02. The summed E-state index contributed by atoms with van der Waals surface area (Å²) in [6.45, 7) is 9.21. The van der Waals surface area contributed by atoms with Crippen LogP contribution in [0.15, 0.2) is 0 Å². The van der Waals surface area contributed by atoms with Gasteiger partial charge in [0, 0.05) is 45.3 Å². The Balaban J connectivity index is 1.76. The predicted molar refractivity (Wildman–Crippen MR) is 79.4 cm³/mol. The van der Waals surface area contributed by atoms with E-state index in [0.717, 1.165) is 45.1 Å². The SMILES string of the molecule is CC1CCC(O)C(N2CCN(CCN(C)C)CC2)C1. The highest BCUT2D eigenvalue weighted by Gasteiger charge is 2.33.